The Morgan fingerprint density at radius 3 is 2.67 bits per heavy atom. The Morgan fingerprint density at radius 1 is 1.07 bits per heavy atom. The fourth-order valence-corrected chi connectivity index (χ4v) is 2.38. The second kappa shape index (κ2) is 7.90. The van der Waals surface area contributed by atoms with Crippen molar-refractivity contribution in [2.24, 2.45) is 0 Å². The van der Waals surface area contributed by atoms with Crippen LogP contribution in [0.4, 0.5) is 30.6 Å². The van der Waals surface area contributed by atoms with Crippen molar-refractivity contribution < 1.29 is 17.9 Å². The van der Waals surface area contributed by atoms with Crippen LogP contribution in [0.3, 0.4) is 0 Å². The van der Waals surface area contributed by atoms with E-state index >= 15 is 0 Å². The molecule has 0 spiro atoms. The molecule has 0 radical (unpaired) electrons. The first-order chi connectivity index (χ1) is 13.0. The van der Waals surface area contributed by atoms with Gasteiger partial charge in [0, 0.05) is 17.8 Å². The van der Waals surface area contributed by atoms with Gasteiger partial charge in [0.15, 0.2) is 5.82 Å². The van der Waals surface area contributed by atoms with Crippen LogP contribution >= 0.6 is 0 Å². The summed E-state index contributed by atoms with van der Waals surface area (Å²) in [6.45, 7) is 0.436. The number of halogens is 3. The highest BCUT2D eigenvalue weighted by atomic mass is 19.4. The van der Waals surface area contributed by atoms with Crippen LogP contribution < -0.4 is 15.4 Å². The molecule has 0 bridgehead atoms. The average Bonchev–Trinajstić information content (AvgIpc) is 2.66. The molecule has 0 aliphatic carbocycles. The van der Waals surface area contributed by atoms with Gasteiger partial charge in [-0.2, -0.15) is 23.3 Å². The summed E-state index contributed by atoms with van der Waals surface area (Å²) in [6.07, 6.45) is -3.00. The number of alkyl halides is 3. The van der Waals surface area contributed by atoms with Gasteiger partial charge in [-0.15, -0.1) is 5.10 Å². The monoisotopic (exact) mass is 375 g/mol. The number of ether oxygens (including phenoxy) is 1. The molecule has 0 aliphatic heterocycles. The van der Waals surface area contributed by atoms with Crippen molar-refractivity contribution in [1.29, 1.82) is 0 Å². The van der Waals surface area contributed by atoms with Gasteiger partial charge in [0.1, 0.15) is 5.75 Å². The molecule has 1 aromatic heterocycles. The highest BCUT2D eigenvalue weighted by Gasteiger charge is 2.30. The Hall–Kier alpha value is -3.36. The molecule has 2 aromatic carbocycles. The molecule has 0 fully saturated rings. The number of rotatable bonds is 6. The maximum Gasteiger partial charge on any atom is 0.416 e. The minimum Gasteiger partial charge on any atom is -0.496 e. The number of hydrogen-bond acceptors (Lipinski definition) is 6. The lowest BCUT2D eigenvalue weighted by Gasteiger charge is -2.11. The Bertz CT molecular complexity index is 917. The summed E-state index contributed by atoms with van der Waals surface area (Å²) in [7, 11) is 1.59. The predicted molar refractivity (Wildman–Crippen MR) is 94.9 cm³/mol. The lowest BCUT2D eigenvalue weighted by atomic mass is 10.2. The van der Waals surface area contributed by atoms with Crippen LogP contribution in [-0.2, 0) is 12.7 Å². The average molecular weight is 375 g/mol. The third-order valence-corrected chi connectivity index (χ3v) is 3.66. The first kappa shape index (κ1) is 18.4. The number of nitrogens with one attached hydrogen (secondary N) is 2. The fourth-order valence-electron chi connectivity index (χ4n) is 2.38. The summed E-state index contributed by atoms with van der Waals surface area (Å²) in [5.74, 6) is 1.24. The van der Waals surface area contributed by atoms with Crippen molar-refractivity contribution in [3.8, 4) is 5.75 Å². The number of benzene rings is 2. The maximum atomic E-state index is 12.8. The summed E-state index contributed by atoms with van der Waals surface area (Å²) in [4.78, 5) is 4.21. The van der Waals surface area contributed by atoms with Gasteiger partial charge in [0.25, 0.3) is 0 Å². The van der Waals surface area contributed by atoms with Crippen LogP contribution in [0.25, 0.3) is 0 Å². The molecule has 0 saturated heterocycles. The molecule has 0 aliphatic rings. The number of nitrogens with zero attached hydrogens (tertiary/aromatic N) is 3. The summed E-state index contributed by atoms with van der Waals surface area (Å²) in [6, 6.07) is 12.3. The third kappa shape index (κ3) is 4.84. The topological polar surface area (TPSA) is 72.0 Å². The molecule has 3 aromatic rings. The van der Waals surface area contributed by atoms with E-state index in [9.17, 15) is 13.2 Å². The van der Waals surface area contributed by atoms with Gasteiger partial charge in [-0.1, -0.05) is 24.3 Å². The molecular weight excluding hydrogens is 359 g/mol. The van der Waals surface area contributed by atoms with E-state index < -0.39 is 11.7 Å². The molecule has 0 atom stereocenters. The van der Waals surface area contributed by atoms with Crippen LogP contribution in [0.1, 0.15) is 11.1 Å². The maximum absolute atomic E-state index is 12.8. The zero-order valence-corrected chi connectivity index (χ0v) is 14.3. The molecule has 2 N–H and O–H groups in total. The lowest BCUT2D eigenvalue weighted by molar-refractivity contribution is -0.137. The minimum absolute atomic E-state index is 0.0827. The van der Waals surface area contributed by atoms with Crippen molar-refractivity contribution in [1.82, 2.24) is 15.2 Å². The van der Waals surface area contributed by atoms with Gasteiger partial charge in [-0.05, 0) is 24.3 Å². The lowest BCUT2D eigenvalue weighted by Crippen LogP contribution is -2.08. The number of hydrogen-bond donors (Lipinski definition) is 2. The first-order valence-corrected chi connectivity index (χ1v) is 7.95. The summed E-state index contributed by atoms with van der Waals surface area (Å²) in [5.41, 5.74) is 0.380. The Labute approximate surface area is 153 Å². The standard InChI is InChI=1S/C18H16F3N5O/c1-27-15-8-3-2-5-12(15)10-22-16-11-23-26-17(25-16)24-14-7-4-6-13(9-14)18(19,20)21/h2-9,11H,10H2,1H3,(H2,22,24,25,26). The van der Waals surface area contributed by atoms with Crippen LogP contribution in [0, 0.1) is 0 Å². The molecule has 0 unspecified atom stereocenters. The first-order valence-electron chi connectivity index (χ1n) is 7.95. The third-order valence-electron chi connectivity index (χ3n) is 3.66. The van der Waals surface area contributed by atoms with Gasteiger partial charge in [0.05, 0.1) is 18.9 Å². The minimum atomic E-state index is -4.42. The van der Waals surface area contributed by atoms with Crippen LogP contribution in [0.2, 0.25) is 0 Å². The van der Waals surface area contributed by atoms with Crippen molar-refractivity contribution in [3.63, 3.8) is 0 Å². The number of aromatic nitrogens is 3. The second-order valence-electron chi connectivity index (χ2n) is 5.53. The zero-order valence-electron chi connectivity index (χ0n) is 14.3. The molecule has 9 heteroatoms. The molecule has 27 heavy (non-hydrogen) atoms. The molecule has 0 amide bonds. The Morgan fingerprint density at radius 2 is 1.89 bits per heavy atom. The molecule has 6 nitrogen and oxygen atoms in total. The Kier molecular flexibility index (Phi) is 5.39. The van der Waals surface area contributed by atoms with Gasteiger partial charge in [-0.25, -0.2) is 0 Å². The van der Waals surface area contributed by atoms with E-state index in [1.807, 2.05) is 24.3 Å². The van der Waals surface area contributed by atoms with Gasteiger partial charge in [0.2, 0.25) is 5.95 Å². The molecule has 1 heterocycles. The molecule has 3 rings (SSSR count). The Balaban J connectivity index is 1.71. The van der Waals surface area contributed by atoms with Crippen LogP contribution in [0.15, 0.2) is 54.7 Å². The van der Waals surface area contributed by atoms with E-state index in [-0.39, 0.29) is 11.6 Å². The number of anilines is 3. The summed E-state index contributed by atoms with van der Waals surface area (Å²) >= 11 is 0. The van der Waals surface area contributed by atoms with Crippen molar-refractivity contribution >= 4 is 17.5 Å². The van der Waals surface area contributed by atoms with Crippen molar-refractivity contribution in [3.05, 3.63) is 65.9 Å². The van der Waals surface area contributed by atoms with E-state index in [0.29, 0.717) is 12.4 Å². The van der Waals surface area contributed by atoms with Crippen molar-refractivity contribution in [2.75, 3.05) is 17.7 Å². The fraction of sp³-hybridized carbons (Fsp3) is 0.167. The molecule has 0 saturated carbocycles. The summed E-state index contributed by atoms with van der Waals surface area (Å²) in [5, 5.41) is 13.4. The van der Waals surface area contributed by atoms with Gasteiger partial charge in [-0.3, -0.25) is 0 Å². The van der Waals surface area contributed by atoms with E-state index in [1.165, 1.54) is 18.3 Å². The van der Waals surface area contributed by atoms with E-state index in [1.54, 1.807) is 7.11 Å². The van der Waals surface area contributed by atoms with Gasteiger partial charge < -0.3 is 15.4 Å². The second-order valence-corrected chi connectivity index (χ2v) is 5.53. The summed E-state index contributed by atoms with van der Waals surface area (Å²) < 4.78 is 43.7. The van der Waals surface area contributed by atoms with E-state index in [2.05, 4.69) is 25.8 Å². The highest BCUT2D eigenvalue weighted by molar-refractivity contribution is 5.55. The smallest absolute Gasteiger partial charge is 0.416 e. The van der Waals surface area contributed by atoms with E-state index in [0.717, 1.165) is 23.4 Å². The molecular formula is C18H16F3N5O. The zero-order chi connectivity index (χ0) is 19.3. The van der Waals surface area contributed by atoms with E-state index in [4.69, 9.17) is 4.74 Å². The van der Waals surface area contributed by atoms with Crippen LogP contribution in [0.5, 0.6) is 5.75 Å². The SMILES string of the molecule is COc1ccccc1CNc1cnnc(Nc2cccc(C(F)(F)F)c2)n1. The van der Waals surface area contributed by atoms with Gasteiger partial charge >= 0.3 is 6.18 Å². The largest absolute Gasteiger partial charge is 0.496 e. The number of para-hydroxylation sites is 1. The molecule has 140 valence electrons. The predicted octanol–water partition coefficient (Wildman–Crippen LogP) is 4.25. The van der Waals surface area contributed by atoms with Crippen LogP contribution in [-0.4, -0.2) is 22.3 Å². The quantitative estimate of drug-likeness (QED) is 0.671. The normalized spacial score (nSPS) is 11.1. The highest BCUT2D eigenvalue weighted by Crippen LogP contribution is 2.31. The number of methoxy groups -OCH3 is 1. The van der Waals surface area contributed by atoms with Crippen molar-refractivity contribution in [2.45, 2.75) is 12.7 Å².